The first-order valence-electron chi connectivity index (χ1n) is 9.57. The van der Waals surface area contributed by atoms with Gasteiger partial charge in [0.05, 0.1) is 17.8 Å². The van der Waals surface area contributed by atoms with E-state index in [1.807, 2.05) is 19.0 Å². The average molecular weight is 480 g/mol. The predicted octanol–water partition coefficient (Wildman–Crippen LogP) is 3.53. The fourth-order valence-electron chi connectivity index (χ4n) is 2.81. The predicted molar refractivity (Wildman–Crippen MR) is 122 cm³/mol. The molecule has 1 heterocycles. The Balaban J connectivity index is 1.77. The van der Waals surface area contributed by atoms with Gasteiger partial charge in [-0.3, -0.25) is 0 Å². The molecule has 0 aliphatic heterocycles. The smallest absolute Gasteiger partial charge is 0.242 e. The molecule has 0 spiro atoms. The third kappa shape index (κ3) is 5.92. The average Bonchev–Trinajstić information content (AvgIpc) is 2.73. The van der Waals surface area contributed by atoms with Crippen LogP contribution in [0.15, 0.2) is 53.6 Å². The van der Waals surface area contributed by atoms with Gasteiger partial charge in [0.15, 0.2) is 11.6 Å². The highest BCUT2D eigenvalue weighted by atomic mass is 35.5. The van der Waals surface area contributed by atoms with Crippen LogP contribution in [0.25, 0.3) is 11.3 Å². The molecule has 2 N–H and O–H groups in total. The number of anilines is 2. The highest BCUT2D eigenvalue weighted by Crippen LogP contribution is 2.28. The Hall–Kier alpha value is -2.79. The zero-order chi connectivity index (χ0) is 23.3. The highest BCUT2D eigenvalue weighted by Gasteiger charge is 2.18. The minimum Gasteiger partial charge on any atom is -0.494 e. The topological polar surface area (TPSA) is 96.4 Å². The fourth-order valence-corrected chi connectivity index (χ4v) is 4.38. The van der Waals surface area contributed by atoms with E-state index >= 15 is 0 Å². The maximum absolute atomic E-state index is 14.0. The van der Waals surface area contributed by atoms with E-state index in [9.17, 15) is 12.8 Å². The SMILES string of the molecule is COc1ccc(-c2ccnc(Nc3ccc(S(=O)(=O)NCCN(C)C)c(Cl)c3)n2)cc1F. The molecule has 0 unspecified atom stereocenters. The number of likely N-dealkylation sites (N-methyl/N-ethyl adjacent to an activating group) is 1. The summed E-state index contributed by atoms with van der Waals surface area (Å²) in [5.41, 5.74) is 1.55. The van der Waals surface area contributed by atoms with E-state index in [-0.39, 0.29) is 28.2 Å². The summed E-state index contributed by atoms with van der Waals surface area (Å²) in [5.74, 6) is -0.113. The Morgan fingerprint density at radius 3 is 2.59 bits per heavy atom. The summed E-state index contributed by atoms with van der Waals surface area (Å²) in [4.78, 5) is 10.4. The number of aromatic nitrogens is 2. The Kier molecular flexibility index (Phi) is 7.62. The van der Waals surface area contributed by atoms with E-state index < -0.39 is 15.8 Å². The molecule has 0 fully saturated rings. The van der Waals surface area contributed by atoms with E-state index in [1.54, 1.807) is 18.2 Å². The van der Waals surface area contributed by atoms with Crippen molar-refractivity contribution < 1.29 is 17.5 Å². The second-order valence-corrected chi connectivity index (χ2v) is 9.23. The standard InChI is InChI=1S/C21H23ClFN5O3S/c1-28(2)11-10-25-32(29,30)20-7-5-15(13-16(20)22)26-21-24-9-8-18(27-21)14-4-6-19(31-3)17(23)12-14/h4-9,12-13,25H,10-11H2,1-3H3,(H,24,26,27). The molecule has 0 bridgehead atoms. The van der Waals surface area contributed by atoms with Crippen molar-refractivity contribution in [1.29, 1.82) is 0 Å². The number of sulfonamides is 1. The summed E-state index contributed by atoms with van der Waals surface area (Å²) >= 11 is 6.23. The molecule has 0 saturated carbocycles. The molecule has 0 saturated heterocycles. The van der Waals surface area contributed by atoms with E-state index in [0.717, 1.165) is 0 Å². The first kappa shape index (κ1) is 23.9. The van der Waals surface area contributed by atoms with Crippen LogP contribution in [-0.4, -0.2) is 57.6 Å². The Morgan fingerprint density at radius 2 is 1.94 bits per heavy atom. The number of hydrogen-bond donors (Lipinski definition) is 2. The van der Waals surface area contributed by atoms with Crippen LogP contribution in [0.5, 0.6) is 5.75 Å². The molecule has 8 nitrogen and oxygen atoms in total. The van der Waals surface area contributed by atoms with Gasteiger partial charge in [-0.1, -0.05) is 11.6 Å². The summed E-state index contributed by atoms with van der Waals surface area (Å²) in [6, 6.07) is 10.6. The molecule has 2 aromatic carbocycles. The number of nitrogens with one attached hydrogen (secondary N) is 2. The van der Waals surface area contributed by atoms with Crippen molar-refractivity contribution in [3.05, 3.63) is 59.5 Å². The van der Waals surface area contributed by atoms with E-state index in [2.05, 4.69) is 20.0 Å². The number of rotatable bonds is 9. The molecule has 170 valence electrons. The third-order valence-electron chi connectivity index (χ3n) is 4.43. The van der Waals surface area contributed by atoms with E-state index in [4.69, 9.17) is 16.3 Å². The van der Waals surface area contributed by atoms with Crippen molar-refractivity contribution in [1.82, 2.24) is 19.6 Å². The Bertz CT molecular complexity index is 1210. The van der Waals surface area contributed by atoms with Crippen molar-refractivity contribution in [2.75, 3.05) is 39.6 Å². The van der Waals surface area contributed by atoms with Crippen LogP contribution in [0.4, 0.5) is 16.0 Å². The first-order valence-corrected chi connectivity index (χ1v) is 11.4. The van der Waals surface area contributed by atoms with Crippen LogP contribution < -0.4 is 14.8 Å². The first-order chi connectivity index (χ1) is 15.2. The number of hydrogen-bond acceptors (Lipinski definition) is 7. The van der Waals surface area contributed by atoms with E-state index in [1.165, 1.54) is 37.6 Å². The van der Waals surface area contributed by atoms with Gasteiger partial charge in [0.1, 0.15) is 4.90 Å². The van der Waals surface area contributed by atoms with Crippen molar-refractivity contribution in [3.8, 4) is 17.0 Å². The van der Waals surface area contributed by atoms with Gasteiger partial charge in [-0.05, 0) is 56.6 Å². The van der Waals surface area contributed by atoms with Crippen molar-refractivity contribution in [2.24, 2.45) is 0 Å². The Morgan fingerprint density at radius 1 is 1.16 bits per heavy atom. The number of benzene rings is 2. The number of ether oxygens (including phenoxy) is 1. The van der Waals surface area contributed by atoms with Crippen molar-refractivity contribution in [2.45, 2.75) is 4.90 Å². The number of halogens is 2. The molecule has 3 aromatic rings. The third-order valence-corrected chi connectivity index (χ3v) is 6.38. The highest BCUT2D eigenvalue weighted by molar-refractivity contribution is 7.89. The van der Waals surface area contributed by atoms with Crippen molar-refractivity contribution >= 4 is 33.3 Å². The lowest BCUT2D eigenvalue weighted by atomic mass is 10.1. The zero-order valence-corrected chi connectivity index (χ0v) is 19.3. The largest absolute Gasteiger partial charge is 0.494 e. The van der Waals surface area contributed by atoms with E-state index in [0.29, 0.717) is 23.5 Å². The summed E-state index contributed by atoms with van der Waals surface area (Å²) in [5, 5.41) is 3.04. The lowest BCUT2D eigenvalue weighted by Gasteiger charge is -2.13. The molecule has 1 aromatic heterocycles. The van der Waals surface area contributed by atoms with Gasteiger partial charge in [0.2, 0.25) is 16.0 Å². The fraction of sp³-hybridized carbons (Fsp3) is 0.238. The second-order valence-electron chi connectivity index (χ2n) is 7.09. The maximum atomic E-state index is 14.0. The molecule has 32 heavy (non-hydrogen) atoms. The summed E-state index contributed by atoms with van der Waals surface area (Å²) in [7, 11) is 1.36. The van der Waals surface area contributed by atoms with Crippen LogP contribution in [0.1, 0.15) is 0 Å². The Labute approximate surface area is 191 Å². The number of methoxy groups -OCH3 is 1. The monoisotopic (exact) mass is 479 g/mol. The van der Waals surface area contributed by atoms with Crippen LogP contribution >= 0.6 is 11.6 Å². The van der Waals surface area contributed by atoms with Crippen molar-refractivity contribution in [3.63, 3.8) is 0 Å². The minimum atomic E-state index is -3.74. The van der Waals surface area contributed by atoms with Gasteiger partial charge < -0.3 is 15.0 Å². The zero-order valence-electron chi connectivity index (χ0n) is 17.8. The van der Waals surface area contributed by atoms with Gasteiger partial charge in [-0.15, -0.1) is 0 Å². The molecule has 3 rings (SSSR count). The van der Waals surface area contributed by atoms with Gasteiger partial charge in [-0.2, -0.15) is 0 Å². The summed E-state index contributed by atoms with van der Waals surface area (Å²) in [6.45, 7) is 0.820. The molecular weight excluding hydrogens is 457 g/mol. The second kappa shape index (κ2) is 10.2. The molecule has 0 atom stereocenters. The molecule has 0 aliphatic rings. The lowest BCUT2D eigenvalue weighted by molar-refractivity contribution is 0.386. The van der Waals surface area contributed by atoms with Crippen LogP contribution in [0.2, 0.25) is 5.02 Å². The lowest BCUT2D eigenvalue weighted by Crippen LogP contribution is -2.31. The van der Waals surface area contributed by atoms with Gasteiger partial charge in [0, 0.05) is 30.5 Å². The normalized spacial score (nSPS) is 11.6. The van der Waals surface area contributed by atoms with Gasteiger partial charge in [0.25, 0.3) is 0 Å². The molecule has 0 aliphatic carbocycles. The molecule has 11 heteroatoms. The molecule has 0 radical (unpaired) electrons. The number of nitrogens with zero attached hydrogens (tertiary/aromatic N) is 3. The minimum absolute atomic E-state index is 0.0214. The summed E-state index contributed by atoms with van der Waals surface area (Å²) < 4.78 is 46.4. The molecule has 0 amide bonds. The van der Waals surface area contributed by atoms with Crippen LogP contribution in [-0.2, 0) is 10.0 Å². The van der Waals surface area contributed by atoms with Crippen LogP contribution in [0.3, 0.4) is 0 Å². The van der Waals surface area contributed by atoms with Gasteiger partial charge in [-0.25, -0.2) is 27.5 Å². The maximum Gasteiger partial charge on any atom is 0.242 e. The molecular formula is C21H23ClFN5O3S. The summed E-state index contributed by atoms with van der Waals surface area (Å²) in [6.07, 6.45) is 1.53. The van der Waals surface area contributed by atoms with Gasteiger partial charge >= 0.3 is 0 Å². The van der Waals surface area contributed by atoms with Crippen LogP contribution in [0, 0.1) is 5.82 Å². The quantitative estimate of drug-likeness (QED) is 0.484.